The summed E-state index contributed by atoms with van der Waals surface area (Å²) in [7, 11) is 1.39. The largest absolute Gasteiger partial charge is 0.493 e. The van der Waals surface area contributed by atoms with Gasteiger partial charge in [-0.05, 0) is 75.5 Å². The van der Waals surface area contributed by atoms with E-state index in [1.54, 1.807) is 6.21 Å². The maximum absolute atomic E-state index is 13.7. The molecule has 5 aliphatic rings. The minimum atomic E-state index is -1.04. The van der Waals surface area contributed by atoms with Gasteiger partial charge in [0.15, 0.2) is 17.2 Å². The number of hydrogen-bond donors (Lipinski definition) is 7. The van der Waals surface area contributed by atoms with Crippen LogP contribution in [0.3, 0.4) is 0 Å². The predicted molar refractivity (Wildman–Crippen MR) is 276 cm³/mol. The Bertz CT molecular complexity index is 2630. The van der Waals surface area contributed by atoms with E-state index in [1.807, 2.05) is 43.0 Å². The second kappa shape index (κ2) is 25.3. The third-order valence-electron chi connectivity index (χ3n) is 13.5. The van der Waals surface area contributed by atoms with E-state index in [0.29, 0.717) is 82.6 Å². The third kappa shape index (κ3) is 15.4. The summed E-state index contributed by atoms with van der Waals surface area (Å²) in [6.07, 6.45) is 6.54. The first-order valence-electron chi connectivity index (χ1n) is 25.5. The Morgan fingerprint density at radius 3 is 2.45 bits per heavy atom. The molecule has 2 saturated heterocycles. The van der Waals surface area contributed by atoms with E-state index in [2.05, 4.69) is 57.1 Å². The number of aliphatic imine (C=N–C) groups is 1. The van der Waals surface area contributed by atoms with Crippen molar-refractivity contribution >= 4 is 65.1 Å². The first-order valence-corrected chi connectivity index (χ1v) is 26.6. The number of nitrogens with zero attached hydrogens (tertiary/aromatic N) is 6. The summed E-state index contributed by atoms with van der Waals surface area (Å²) in [5.41, 5.74) is 8.19. The lowest BCUT2D eigenvalue weighted by atomic mass is 10.0. The Balaban J connectivity index is 0.805. The number of aromatic nitrogens is 2. The third-order valence-corrected chi connectivity index (χ3v) is 15.0. The number of nitro groups is 1. The van der Waals surface area contributed by atoms with Crippen molar-refractivity contribution in [1.82, 2.24) is 41.9 Å². The smallest absolute Gasteiger partial charge is 0.408 e. The van der Waals surface area contributed by atoms with Crippen molar-refractivity contribution in [2.45, 2.75) is 139 Å². The number of amides is 6. The second-order valence-electron chi connectivity index (χ2n) is 19.4. The standard InChI is InChI=1S/C50H65N13O11S/c1-50(61-62-50)19-17-41(65)52-20-5-3-8-34(45(66)54-21-6-4-9-39-42-35(28-75-39)57-48(67)59-42)58-49(68)74-44(31-15-16-31)32-24-37(71-2)38(25-36(32)63(69)70)72-23-7-10-40(64)55-26-29-11-13-30(14-12-29)27-73-46-43-33(18-22-53-43)56-47(51)60-46/h11-14,22,24-25,31,34-35,39,42,44H,3-10,15-21,23,26-28H2,1-2H3,(H,52,65)(H,54,66)(H,55,64)(H,58,68)(H2,51,56,60)(H2,57,59,67). The van der Waals surface area contributed by atoms with Crippen LogP contribution in [0.15, 0.2) is 51.6 Å². The predicted octanol–water partition coefficient (Wildman–Crippen LogP) is 5.53. The van der Waals surface area contributed by atoms with E-state index < -0.39 is 34.7 Å². The van der Waals surface area contributed by atoms with Crippen LogP contribution in [0, 0.1) is 16.0 Å². The maximum atomic E-state index is 13.7. The van der Waals surface area contributed by atoms with Crippen LogP contribution in [0.25, 0.3) is 0 Å². The monoisotopic (exact) mass is 1060 g/mol. The summed E-state index contributed by atoms with van der Waals surface area (Å²) in [5, 5.41) is 38.2. The minimum absolute atomic E-state index is 0.0483. The van der Waals surface area contributed by atoms with Gasteiger partial charge in [-0.1, -0.05) is 30.7 Å². The molecule has 5 atom stereocenters. The SMILES string of the molecule is COc1cc(C(OC(=O)NC(CCCCNC(=O)CCC2(C)N=N2)C(=O)NCCCCC2SCC3NC(=O)NC32)C2CC2)c([N+](=O)[O-])cc1OCCCC(=O)NCc1ccc(COc2nc(N)nc3c2N=CC3)cc1. The minimum Gasteiger partial charge on any atom is -0.493 e. The molecular formula is C50H65N13O11S. The molecule has 25 heteroatoms. The van der Waals surface area contributed by atoms with Crippen LogP contribution in [0.5, 0.6) is 17.4 Å². The molecule has 3 aromatic rings. The molecule has 6 amide bonds. The van der Waals surface area contributed by atoms with Gasteiger partial charge < -0.3 is 56.6 Å². The van der Waals surface area contributed by atoms with Gasteiger partial charge in [-0.15, -0.1) is 0 Å². The van der Waals surface area contributed by atoms with Crippen LogP contribution in [0.2, 0.25) is 0 Å². The summed E-state index contributed by atoms with van der Waals surface area (Å²) in [4.78, 5) is 89.0. The van der Waals surface area contributed by atoms with E-state index in [-0.39, 0.29) is 102 Å². The zero-order chi connectivity index (χ0) is 52.9. The van der Waals surface area contributed by atoms with Crippen molar-refractivity contribution in [3.8, 4) is 17.4 Å². The summed E-state index contributed by atoms with van der Waals surface area (Å²) in [6, 6.07) is 9.31. The Hall–Kier alpha value is -7.31. The highest BCUT2D eigenvalue weighted by Crippen LogP contribution is 2.48. The van der Waals surface area contributed by atoms with Crippen LogP contribution >= 0.6 is 11.8 Å². The van der Waals surface area contributed by atoms with Crippen molar-refractivity contribution in [3.05, 3.63) is 68.9 Å². The van der Waals surface area contributed by atoms with Gasteiger partial charge >= 0.3 is 12.1 Å². The molecule has 8 N–H and O–H groups in total. The number of nitrogens with two attached hydrogens (primary N) is 1. The molecule has 2 aromatic carbocycles. The normalized spacial score (nSPS) is 19.1. The molecule has 4 aliphatic heterocycles. The molecule has 8 rings (SSSR count). The van der Waals surface area contributed by atoms with Crippen LogP contribution in [0.4, 0.5) is 26.9 Å². The molecule has 402 valence electrons. The highest BCUT2D eigenvalue weighted by Gasteiger charge is 2.43. The molecule has 1 aromatic heterocycles. The van der Waals surface area contributed by atoms with Crippen LogP contribution in [-0.4, -0.2) is 113 Å². The highest BCUT2D eigenvalue weighted by molar-refractivity contribution is 8.00. The second-order valence-corrected chi connectivity index (χ2v) is 20.7. The molecule has 0 bridgehead atoms. The molecule has 3 fully saturated rings. The number of ether oxygens (including phenoxy) is 4. The number of thioether (sulfide) groups is 1. The molecule has 5 unspecified atom stereocenters. The van der Waals surface area contributed by atoms with E-state index >= 15 is 0 Å². The number of unbranched alkanes of at least 4 members (excludes halogenated alkanes) is 2. The van der Waals surface area contributed by atoms with E-state index in [1.165, 1.54) is 19.2 Å². The highest BCUT2D eigenvalue weighted by atomic mass is 32.2. The number of benzene rings is 2. The lowest BCUT2D eigenvalue weighted by molar-refractivity contribution is -0.386. The summed E-state index contributed by atoms with van der Waals surface area (Å²) in [6.45, 7) is 3.18. The number of methoxy groups -OCH3 is 1. The fourth-order valence-corrected chi connectivity index (χ4v) is 10.6. The van der Waals surface area contributed by atoms with Crippen LogP contribution in [0.1, 0.15) is 112 Å². The fourth-order valence-electron chi connectivity index (χ4n) is 9.07. The fraction of sp³-hybridized carbons (Fsp3) is 0.560. The van der Waals surface area contributed by atoms with Crippen molar-refractivity contribution < 1.29 is 47.8 Å². The first kappa shape index (κ1) is 54.0. The summed E-state index contributed by atoms with van der Waals surface area (Å²) < 4.78 is 23.4. The van der Waals surface area contributed by atoms with Gasteiger partial charge in [0.1, 0.15) is 24.4 Å². The number of hydrogen-bond acceptors (Lipinski definition) is 18. The number of anilines is 1. The van der Waals surface area contributed by atoms with Crippen LogP contribution in [-0.2, 0) is 38.7 Å². The molecule has 1 saturated carbocycles. The molecule has 0 spiro atoms. The number of nitrogen functional groups attached to an aromatic ring is 1. The summed E-state index contributed by atoms with van der Waals surface area (Å²) in [5.74, 6) is 0.611. The van der Waals surface area contributed by atoms with E-state index in [0.717, 1.165) is 35.4 Å². The van der Waals surface area contributed by atoms with Crippen molar-refractivity contribution in [2.75, 3.05) is 38.3 Å². The van der Waals surface area contributed by atoms with Gasteiger partial charge in [0.2, 0.25) is 29.5 Å². The topological polar surface area (TPSA) is 326 Å². The molecular weight excluding hydrogens is 991 g/mol. The van der Waals surface area contributed by atoms with Gasteiger partial charge in [-0.2, -0.15) is 27.0 Å². The molecule has 0 radical (unpaired) electrons. The molecule has 1 aliphatic carbocycles. The number of alkyl carbamates (subject to hydrolysis) is 1. The zero-order valence-electron chi connectivity index (χ0n) is 42.1. The zero-order valence-corrected chi connectivity index (χ0v) is 42.9. The number of carbonyl (C=O) groups is 5. The van der Waals surface area contributed by atoms with Crippen molar-refractivity contribution in [2.24, 2.45) is 21.1 Å². The van der Waals surface area contributed by atoms with Crippen LogP contribution < -0.4 is 51.8 Å². The number of carbonyl (C=O) groups excluding carboxylic acids is 5. The number of fused-ring (bicyclic) bond motifs is 2. The van der Waals surface area contributed by atoms with Gasteiger partial charge in [0.25, 0.3) is 5.69 Å². The molecule has 24 nitrogen and oxygen atoms in total. The Morgan fingerprint density at radius 1 is 0.933 bits per heavy atom. The van der Waals surface area contributed by atoms with E-state index in [4.69, 9.17) is 24.7 Å². The average molecular weight is 1060 g/mol. The number of nitro benzene ring substituents is 1. The van der Waals surface area contributed by atoms with Crippen molar-refractivity contribution in [1.29, 1.82) is 0 Å². The number of rotatable bonds is 30. The lowest BCUT2D eigenvalue weighted by Gasteiger charge is -2.23. The van der Waals surface area contributed by atoms with Gasteiger partial charge in [-0.3, -0.25) is 29.5 Å². The number of urea groups is 1. The number of nitrogens with one attached hydrogen (secondary N) is 6. The van der Waals surface area contributed by atoms with Gasteiger partial charge in [0.05, 0.1) is 48.0 Å². The quantitative estimate of drug-likeness (QED) is 0.0187. The van der Waals surface area contributed by atoms with Crippen molar-refractivity contribution in [3.63, 3.8) is 0 Å². The first-order chi connectivity index (χ1) is 36.2. The lowest BCUT2D eigenvalue weighted by Crippen LogP contribution is -2.47. The van der Waals surface area contributed by atoms with Gasteiger partial charge in [0, 0.05) is 68.5 Å². The maximum Gasteiger partial charge on any atom is 0.408 e. The Morgan fingerprint density at radius 2 is 1.69 bits per heavy atom. The molecule has 5 heterocycles. The Labute approximate surface area is 437 Å². The Kier molecular flexibility index (Phi) is 18.2. The molecule has 75 heavy (non-hydrogen) atoms. The van der Waals surface area contributed by atoms with E-state index in [9.17, 15) is 34.1 Å². The summed E-state index contributed by atoms with van der Waals surface area (Å²) >= 11 is 1.82. The van der Waals surface area contributed by atoms with Gasteiger partial charge in [-0.25, -0.2) is 14.6 Å². The average Bonchev–Trinajstić information content (AvgIpc) is 4.24.